The van der Waals surface area contributed by atoms with Crippen LogP contribution in [0.25, 0.3) is 0 Å². The third-order valence-electron chi connectivity index (χ3n) is 3.65. The van der Waals surface area contributed by atoms with Crippen molar-refractivity contribution in [1.29, 1.82) is 0 Å². The largest absolute Gasteiger partial charge is 0.389 e. The van der Waals surface area contributed by atoms with Crippen molar-refractivity contribution in [3.8, 4) is 0 Å². The number of rotatable bonds is 5. The number of ether oxygens (including phenoxy) is 1. The minimum atomic E-state index is -3.85. The summed E-state index contributed by atoms with van der Waals surface area (Å²) in [7, 11) is -3.85. The molecule has 0 radical (unpaired) electrons. The van der Waals surface area contributed by atoms with E-state index in [1.165, 1.54) is 12.1 Å². The van der Waals surface area contributed by atoms with Gasteiger partial charge < -0.3 is 9.84 Å². The van der Waals surface area contributed by atoms with E-state index in [0.717, 1.165) is 6.07 Å². The smallest absolute Gasteiger partial charge is 0.220 e. The first kappa shape index (κ1) is 17.6. The van der Waals surface area contributed by atoms with Crippen LogP contribution in [0.1, 0.15) is 25.5 Å². The highest BCUT2D eigenvalue weighted by atomic mass is 35.5. The van der Waals surface area contributed by atoms with E-state index in [4.69, 9.17) is 16.3 Å². The molecule has 8 heteroatoms. The van der Waals surface area contributed by atoms with Crippen molar-refractivity contribution in [1.82, 2.24) is 4.72 Å². The number of nitrogens with one attached hydrogen (secondary N) is 1. The lowest BCUT2D eigenvalue weighted by Crippen LogP contribution is -2.44. The third-order valence-corrected chi connectivity index (χ3v) is 5.72. The lowest BCUT2D eigenvalue weighted by Gasteiger charge is -2.25. The zero-order valence-electron chi connectivity index (χ0n) is 12.3. The summed E-state index contributed by atoms with van der Waals surface area (Å²) in [5, 5.41) is 8.89. The Morgan fingerprint density at radius 1 is 1.41 bits per heavy atom. The van der Waals surface area contributed by atoms with Crippen molar-refractivity contribution in [2.75, 3.05) is 13.2 Å². The van der Waals surface area contributed by atoms with Crippen LogP contribution < -0.4 is 4.72 Å². The molecule has 1 saturated heterocycles. The molecule has 124 valence electrons. The van der Waals surface area contributed by atoms with Crippen molar-refractivity contribution in [2.24, 2.45) is 5.92 Å². The van der Waals surface area contributed by atoms with Crippen molar-refractivity contribution in [3.63, 3.8) is 0 Å². The third kappa shape index (κ3) is 3.78. The van der Waals surface area contributed by atoms with Gasteiger partial charge in [-0.15, -0.1) is 0 Å². The molecule has 0 saturated carbocycles. The summed E-state index contributed by atoms with van der Waals surface area (Å²) >= 11 is 5.73. The van der Waals surface area contributed by atoms with E-state index in [-0.39, 0.29) is 29.7 Å². The van der Waals surface area contributed by atoms with Gasteiger partial charge in [-0.1, -0.05) is 31.5 Å². The van der Waals surface area contributed by atoms with Gasteiger partial charge in [0, 0.05) is 10.6 Å². The Kier molecular flexibility index (Phi) is 5.45. The molecule has 0 aromatic heterocycles. The average molecular weight is 352 g/mol. The number of hydrogen-bond donors (Lipinski definition) is 2. The molecule has 0 bridgehead atoms. The van der Waals surface area contributed by atoms with Gasteiger partial charge >= 0.3 is 0 Å². The Morgan fingerprint density at radius 3 is 2.59 bits per heavy atom. The minimum absolute atomic E-state index is 0.0206. The average Bonchev–Trinajstić information content (AvgIpc) is 2.83. The van der Waals surface area contributed by atoms with Gasteiger partial charge in [0.05, 0.1) is 25.4 Å². The van der Waals surface area contributed by atoms with Crippen molar-refractivity contribution in [3.05, 3.63) is 34.6 Å². The van der Waals surface area contributed by atoms with Gasteiger partial charge in [0.2, 0.25) is 10.0 Å². The second kappa shape index (κ2) is 6.80. The van der Waals surface area contributed by atoms with Gasteiger partial charge in [0.1, 0.15) is 11.1 Å². The van der Waals surface area contributed by atoms with Gasteiger partial charge in [0.15, 0.2) is 0 Å². The maximum Gasteiger partial charge on any atom is 0.220 e. The Hall–Kier alpha value is -0.730. The highest BCUT2D eigenvalue weighted by Crippen LogP contribution is 2.28. The molecule has 1 heterocycles. The number of aliphatic hydroxyl groups excluding tert-OH is 1. The summed E-state index contributed by atoms with van der Waals surface area (Å²) in [5.74, 6) is -0.762. The number of halogens is 2. The first-order chi connectivity index (χ1) is 10.2. The van der Waals surface area contributed by atoms with Crippen LogP contribution in [0.15, 0.2) is 18.2 Å². The summed E-state index contributed by atoms with van der Waals surface area (Å²) in [6.07, 6.45) is -1.08. The van der Waals surface area contributed by atoms with E-state index in [9.17, 15) is 17.9 Å². The highest BCUT2D eigenvalue weighted by Gasteiger charge is 2.39. The molecule has 3 atom stereocenters. The molecule has 1 aromatic carbocycles. The normalized spacial score (nSPS) is 23.9. The predicted octanol–water partition coefficient (Wildman–Crippen LogP) is 1.86. The molecule has 22 heavy (non-hydrogen) atoms. The maximum absolute atomic E-state index is 14.1. The van der Waals surface area contributed by atoms with E-state index in [0.29, 0.717) is 0 Å². The molecular weight excluding hydrogens is 333 g/mol. The monoisotopic (exact) mass is 351 g/mol. The SMILES string of the molecule is CC(C)C(NS(=O)(=O)C1COCC1O)c1ccc(Cl)cc1F. The standard InChI is InChI=1S/C14H19ClFNO4S/c1-8(2)14(10-4-3-9(15)5-11(10)16)17-22(19,20)13-7-21-6-12(13)18/h3-5,8,12-14,17-18H,6-7H2,1-2H3. The number of sulfonamides is 1. The summed E-state index contributed by atoms with van der Waals surface area (Å²) < 4.78 is 46.4. The molecule has 1 aromatic rings. The highest BCUT2D eigenvalue weighted by molar-refractivity contribution is 7.90. The number of hydrogen-bond acceptors (Lipinski definition) is 4. The molecule has 1 aliphatic heterocycles. The fourth-order valence-electron chi connectivity index (χ4n) is 2.40. The Balaban J connectivity index is 2.29. The fraction of sp³-hybridized carbons (Fsp3) is 0.571. The summed E-state index contributed by atoms with van der Waals surface area (Å²) in [6.45, 7) is 3.46. The summed E-state index contributed by atoms with van der Waals surface area (Å²) in [6, 6.07) is 3.37. The Morgan fingerprint density at radius 2 is 2.09 bits per heavy atom. The van der Waals surface area contributed by atoms with Crippen LogP contribution >= 0.6 is 11.6 Å². The first-order valence-corrected chi connectivity index (χ1v) is 8.86. The van der Waals surface area contributed by atoms with Crippen LogP contribution in [-0.4, -0.2) is 38.1 Å². The van der Waals surface area contributed by atoms with E-state index >= 15 is 0 Å². The summed E-state index contributed by atoms with van der Waals surface area (Å²) in [4.78, 5) is 0. The molecule has 3 unspecified atom stereocenters. The van der Waals surface area contributed by atoms with Crippen molar-refractivity contribution >= 4 is 21.6 Å². The first-order valence-electron chi connectivity index (χ1n) is 6.94. The molecule has 1 fully saturated rings. The van der Waals surface area contributed by atoms with Gasteiger partial charge in [-0.25, -0.2) is 17.5 Å². The van der Waals surface area contributed by atoms with Crippen LogP contribution in [-0.2, 0) is 14.8 Å². The maximum atomic E-state index is 14.1. The molecule has 0 spiro atoms. The Labute approximate surface area is 134 Å². The number of benzene rings is 1. The van der Waals surface area contributed by atoms with E-state index in [1.54, 1.807) is 13.8 Å². The number of aliphatic hydroxyl groups is 1. The minimum Gasteiger partial charge on any atom is -0.389 e. The summed E-state index contributed by atoms with van der Waals surface area (Å²) in [5.41, 5.74) is 0.219. The fourth-order valence-corrected chi connectivity index (χ4v) is 4.25. The molecule has 0 amide bonds. The van der Waals surface area contributed by atoms with Crippen LogP contribution in [0, 0.1) is 11.7 Å². The van der Waals surface area contributed by atoms with E-state index < -0.39 is 33.2 Å². The molecule has 2 N–H and O–H groups in total. The van der Waals surface area contributed by atoms with Crippen LogP contribution in [0.4, 0.5) is 4.39 Å². The second-order valence-corrected chi connectivity index (χ2v) is 8.06. The van der Waals surface area contributed by atoms with Gasteiger partial charge in [0.25, 0.3) is 0 Å². The van der Waals surface area contributed by atoms with Gasteiger partial charge in [-0.2, -0.15) is 0 Å². The molecule has 5 nitrogen and oxygen atoms in total. The van der Waals surface area contributed by atoms with E-state index in [1.807, 2.05) is 0 Å². The molecule has 0 aliphatic carbocycles. The van der Waals surface area contributed by atoms with Crippen molar-refractivity contribution in [2.45, 2.75) is 31.2 Å². The van der Waals surface area contributed by atoms with Gasteiger partial charge in [-0.3, -0.25) is 0 Å². The second-order valence-electron chi connectivity index (χ2n) is 5.69. The molecule has 2 rings (SSSR count). The zero-order valence-corrected chi connectivity index (χ0v) is 13.9. The van der Waals surface area contributed by atoms with Crippen LogP contribution in [0.2, 0.25) is 5.02 Å². The predicted molar refractivity (Wildman–Crippen MR) is 81.7 cm³/mol. The molecule has 1 aliphatic rings. The zero-order chi connectivity index (χ0) is 16.5. The van der Waals surface area contributed by atoms with E-state index in [2.05, 4.69) is 4.72 Å². The topological polar surface area (TPSA) is 75.6 Å². The van der Waals surface area contributed by atoms with Crippen molar-refractivity contribution < 1.29 is 22.7 Å². The van der Waals surface area contributed by atoms with Crippen LogP contribution in [0.5, 0.6) is 0 Å². The molecular formula is C14H19ClFNO4S. The lowest BCUT2D eigenvalue weighted by atomic mass is 9.97. The van der Waals surface area contributed by atoms with Crippen LogP contribution in [0.3, 0.4) is 0 Å². The van der Waals surface area contributed by atoms with Gasteiger partial charge in [-0.05, 0) is 18.1 Å². The Bertz CT molecular complexity index is 638. The lowest BCUT2D eigenvalue weighted by molar-refractivity contribution is 0.127. The quantitative estimate of drug-likeness (QED) is 0.849.